The third kappa shape index (κ3) is 1.82. The molecule has 0 saturated heterocycles. The molecule has 2 nitrogen and oxygen atoms in total. The van der Waals surface area contributed by atoms with Crippen LogP contribution in [0.3, 0.4) is 0 Å². The summed E-state index contributed by atoms with van der Waals surface area (Å²) < 4.78 is 0. The Hall–Kier alpha value is -1.31. The van der Waals surface area contributed by atoms with Crippen LogP contribution in [0.4, 0.5) is 0 Å². The number of hydrogen-bond donors (Lipinski definition) is 1. The molecule has 1 N–H and O–H groups in total. The fourth-order valence-corrected chi connectivity index (χ4v) is 5.88. The highest BCUT2D eigenvalue weighted by Crippen LogP contribution is 2.60. The van der Waals surface area contributed by atoms with Gasteiger partial charge in [-0.05, 0) is 85.1 Å². The molecule has 118 valence electrons. The summed E-state index contributed by atoms with van der Waals surface area (Å²) in [6, 6.07) is 3.95. The van der Waals surface area contributed by atoms with Crippen molar-refractivity contribution in [3.63, 3.8) is 0 Å². The van der Waals surface area contributed by atoms with Crippen molar-refractivity contribution in [2.45, 2.75) is 64.7 Å². The fourth-order valence-electron chi connectivity index (χ4n) is 5.88. The molecule has 0 bridgehead atoms. The molecule has 22 heavy (non-hydrogen) atoms. The molecule has 1 aromatic rings. The molecule has 3 aliphatic rings. The summed E-state index contributed by atoms with van der Waals surface area (Å²) in [6.07, 6.45) is 7.35. The van der Waals surface area contributed by atoms with Gasteiger partial charge in [0.15, 0.2) is 0 Å². The van der Waals surface area contributed by atoms with Crippen molar-refractivity contribution in [1.29, 1.82) is 0 Å². The van der Waals surface area contributed by atoms with Crippen LogP contribution in [-0.4, -0.2) is 10.9 Å². The van der Waals surface area contributed by atoms with Gasteiger partial charge in [0.05, 0.1) is 0 Å². The van der Waals surface area contributed by atoms with Gasteiger partial charge in [0.25, 0.3) is 0 Å². The van der Waals surface area contributed by atoms with Crippen molar-refractivity contribution in [3.05, 3.63) is 28.8 Å². The molecule has 0 heterocycles. The zero-order valence-corrected chi connectivity index (χ0v) is 13.7. The van der Waals surface area contributed by atoms with Crippen molar-refractivity contribution in [3.8, 4) is 5.75 Å². The molecule has 0 spiro atoms. The Morgan fingerprint density at radius 1 is 1.23 bits per heavy atom. The minimum Gasteiger partial charge on any atom is -0.508 e. The van der Waals surface area contributed by atoms with Crippen LogP contribution >= 0.6 is 0 Å². The Balaban J connectivity index is 1.77. The molecule has 0 amide bonds. The van der Waals surface area contributed by atoms with Crippen LogP contribution in [0.15, 0.2) is 12.1 Å². The second kappa shape index (κ2) is 4.84. The van der Waals surface area contributed by atoms with Gasteiger partial charge in [0.2, 0.25) is 0 Å². The normalized spacial score (nSPS) is 36.6. The Kier molecular flexibility index (Phi) is 3.15. The van der Waals surface area contributed by atoms with E-state index in [1.165, 1.54) is 23.1 Å². The monoisotopic (exact) mass is 298 g/mol. The number of carbonyl (C=O) groups excluding carboxylic acids is 1. The molecule has 2 fully saturated rings. The molecule has 3 aliphatic carbocycles. The molecule has 4 rings (SSSR count). The van der Waals surface area contributed by atoms with Crippen molar-refractivity contribution >= 4 is 5.78 Å². The standard InChI is InChI=1S/C20H26O2/c1-3-12-10-14(21)11-13-4-5-15-16(19(12)13)8-9-20(2)17(15)6-7-18(20)22/h10-11,15-17,21H,3-9H2,1-2H3/t15-,16-,17-,20-/m0/s1. The predicted molar refractivity (Wildman–Crippen MR) is 87.1 cm³/mol. The lowest BCUT2D eigenvalue weighted by molar-refractivity contribution is -0.129. The number of Topliss-reactive ketones (excluding diaryl/α,β-unsaturated/α-hetero) is 1. The first-order valence-electron chi connectivity index (χ1n) is 8.92. The van der Waals surface area contributed by atoms with E-state index in [1.54, 1.807) is 0 Å². The maximum atomic E-state index is 12.4. The van der Waals surface area contributed by atoms with Crippen LogP contribution in [-0.2, 0) is 17.6 Å². The molecule has 1 aromatic carbocycles. The molecular formula is C20H26O2. The highest BCUT2D eigenvalue weighted by atomic mass is 16.3. The first-order valence-corrected chi connectivity index (χ1v) is 8.92. The van der Waals surface area contributed by atoms with E-state index >= 15 is 0 Å². The first-order chi connectivity index (χ1) is 10.5. The van der Waals surface area contributed by atoms with Crippen LogP contribution in [0.1, 0.15) is 68.6 Å². The van der Waals surface area contributed by atoms with Gasteiger partial charge in [-0.2, -0.15) is 0 Å². The molecule has 2 heteroatoms. The maximum Gasteiger partial charge on any atom is 0.139 e. The fraction of sp³-hybridized carbons (Fsp3) is 0.650. The highest BCUT2D eigenvalue weighted by Gasteiger charge is 2.54. The number of rotatable bonds is 1. The summed E-state index contributed by atoms with van der Waals surface area (Å²) in [5.74, 6) is 2.81. The van der Waals surface area contributed by atoms with Crippen LogP contribution in [0, 0.1) is 17.3 Å². The van der Waals surface area contributed by atoms with E-state index in [4.69, 9.17) is 0 Å². The van der Waals surface area contributed by atoms with Gasteiger partial charge in [-0.3, -0.25) is 4.79 Å². The number of carbonyl (C=O) groups is 1. The van der Waals surface area contributed by atoms with Gasteiger partial charge in [0.1, 0.15) is 11.5 Å². The zero-order valence-electron chi connectivity index (χ0n) is 13.7. The van der Waals surface area contributed by atoms with Crippen molar-refractivity contribution < 1.29 is 9.90 Å². The third-order valence-electron chi connectivity index (χ3n) is 6.98. The number of benzene rings is 1. The van der Waals surface area contributed by atoms with Gasteiger partial charge in [0, 0.05) is 11.8 Å². The van der Waals surface area contributed by atoms with Crippen molar-refractivity contribution in [1.82, 2.24) is 0 Å². The quantitative estimate of drug-likeness (QED) is 0.835. The van der Waals surface area contributed by atoms with E-state index < -0.39 is 0 Å². The molecule has 2 saturated carbocycles. The second-order valence-corrected chi connectivity index (χ2v) is 7.86. The second-order valence-electron chi connectivity index (χ2n) is 7.86. The number of aryl methyl sites for hydroxylation is 2. The van der Waals surface area contributed by atoms with Gasteiger partial charge in [-0.1, -0.05) is 13.8 Å². The Morgan fingerprint density at radius 2 is 2.05 bits per heavy atom. The van der Waals surface area contributed by atoms with Gasteiger partial charge >= 0.3 is 0 Å². The summed E-state index contributed by atoms with van der Waals surface area (Å²) in [6.45, 7) is 4.42. The van der Waals surface area contributed by atoms with E-state index in [9.17, 15) is 9.90 Å². The minimum absolute atomic E-state index is 0.0397. The molecule has 0 radical (unpaired) electrons. The highest BCUT2D eigenvalue weighted by molar-refractivity contribution is 5.87. The van der Waals surface area contributed by atoms with E-state index in [0.29, 0.717) is 29.3 Å². The predicted octanol–water partition coefficient (Wildman–Crippen LogP) is 4.38. The van der Waals surface area contributed by atoms with Gasteiger partial charge in [-0.25, -0.2) is 0 Å². The van der Waals surface area contributed by atoms with E-state index in [-0.39, 0.29) is 5.41 Å². The lowest BCUT2D eigenvalue weighted by atomic mass is 9.55. The lowest BCUT2D eigenvalue weighted by Crippen LogP contribution is -2.42. The van der Waals surface area contributed by atoms with Crippen molar-refractivity contribution in [2.75, 3.05) is 0 Å². The van der Waals surface area contributed by atoms with Gasteiger partial charge < -0.3 is 5.11 Å². The number of aromatic hydroxyl groups is 1. The van der Waals surface area contributed by atoms with E-state index in [1.807, 2.05) is 12.1 Å². The van der Waals surface area contributed by atoms with Crippen molar-refractivity contribution in [2.24, 2.45) is 17.3 Å². The smallest absolute Gasteiger partial charge is 0.139 e. The Morgan fingerprint density at radius 3 is 2.82 bits per heavy atom. The summed E-state index contributed by atoms with van der Waals surface area (Å²) in [4.78, 5) is 12.4. The number of phenols is 1. The molecule has 0 unspecified atom stereocenters. The summed E-state index contributed by atoms with van der Waals surface area (Å²) >= 11 is 0. The molecule has 0 aliphatic heterocycles. The Labute approximate surface area is 132 Å². The van der Waals surface area contributed by atoms with Crippen LogP contribution in [0.25, 0.3) is 0 Å². The average Bonchev–Trinajstić information content (AvgIpc) is 2.81. The maximum absolute atomic E-state index is 12.4. The topological polar surface area (TPSA) is 37.3 Å². The number of hydrogen-bond acceptors (Lipinski definition) is 2. The average molecular weight is 298 g/mol. The number of fused-ring (bicyclic) bond motifs is 5. The zero-order chi connectivity index (χ0) is 15.5. The summed E-state index contributed by atoms with van der Waals surface area (Å²) in [5.41, 5.74) is 4.18. The van der Waals surface area contributed by atoms with Gasteiger partial charge in [-0.15, -0.1) is 0 Å². The number of phenolic OH excluding ortho intramolecular Hbond substituents is 1. The SMILES string of the molecule is CCc1cc(O)cc2c1[C@H]1CC[C@]3(C)C(=O)CC[C@H]3[C@H]1CC2. The largest absolute Gasteiger partial charge is 0.508 e. The minimum atomic E-state index is -0.0397. The first kappa shape index (κ1) is 14.3. The third-order valence-corrected chi connectivity index (χ3v) is 6.98. The Bertz CT molecular complexity index is 616. The molecule has 0 aromatic heterocycles. The number of ketones is 1. The van der Waals surface area contributed by atoms with E-state index in [2.05, 4.69) is 13.8 Å². The van der Waals surface area contributed by atoms with E-state index in [0.717, 1.165) is 38.5 Å². The lowest BCUT2D eigenvalue weighted by Gasteiger charge is -2.48. The van der Waals surface area contributed by atoms with Crippen LogP contribution in [0.5, 0.6) is 5.75 Å². The van der Waals surface area contributed by atoms with Crippen LogP contribution < -0.4 is 0 Å². The summed E-state index contributed by atoms with van der Waals surface area (Å²) in [5, 5.41) is 9.98. The molecule has 4 atom stereocenters. The molecular weight excluding hydrogens is 272 g/mol. The summed E-state index contributed by atoms with van der Waals surface area (Å²) in [7, 11) is 0. The van der Waals surface area contributed by atoms with Crippen LogP contribution in [0.2, 0.25) is 0 Å².